The summed E-state index contributed by atoms with van der Waals surface area (Å²) in [6, 6.07) is 7.49. The molecule has 0 radical (unpaired) electrons. The van der Waals surface area contributed by atoms with Crippen molar-refractivity contribution in [1.29, 1.82) is 0 Å². The highest BCUT2D eigenvalue weighted by Crippen LogP contribution is 2.34. The predicted molar refractivity (Wildman–Crippen MR) is 124 cm³/mol. The maximum atomic E-state index is 11.5. The van der Waals surface area contributed by atoms with E-state index in [1.807, 2.05) is 31.2 Å². The van der Waals surface area contributed by atoms with Gasteiger partial charge in [0.2, 0.25) is 0 Å². The Morgan fingerprint density at radius 2 is 0.969 bits per heavy atom. The Morgan fingerprint density at radius 3 is 1.31 bits per heavy atom. The van der Waals surface area contributed by atoms with Gasteiger partial charge in [0.25, 0.3) is 0 Å². The summed E-state index contributed by atoms with van der Waals surface area (Å²) in [6.45, 7) is 9.01. The maximum Gasteiger partial charge on any atom is 0.154 e. The van der Waals surface area contributed by atoms with Crippen molar-refractivity contribution in [3.05, 3.63) is 85.5 Å². The Bertz CT molecular complexity index is 1150. The molecule has 5 heteroatoms. The van der Waals surface area contributed by atoms with Gasteiger partial charge in [0.05, 0.1) is 11.1 Å². The van der Waals surface area contributed by atoms with Crippen LogP contribution in [0.15, 0.2) is 24.3 Å². The lowest BCUT2D eigenvalue weighted by atomic mass is 9.89. The molecule has 0 aromatic heterocycles. The van der Waals surface area contributed by atoms with Crippen LogP contribution in [0.25, 0.3) is 0 Å². The summed E-state index contributed by atoms with van der Waals surface area (Å²) in [5, 5.41) is 31.4. The van der Waals surface area contributed by atoms with Crippen LogP contribution in [0, 0.1) is 34.6 Å². The van der Waals surface area contributed by atoms with Crippen molar-refractivity contribution in [2.75, 3.05) is 0 Å². The number of benzene rings is 3. The molecule has 32 heavy (non-hydrogen) atoms. The smallest absolute Gasteiger partial charge is 0.154 e. The SMILES string of the molecule is Cc1cc(Cc2cc(C)c(O)c(C=O)c2C)c(O)c(Cc2cc(C)c(O)c(C=O)c2C)c1. The van der Waals surface area contributed by atoms with E-state index in [2.05, 4.69) is 0 Å². The molecule has 0 fully saturated rings. The third kappa shape index (κ3) is 4.11. The van der Waals surface area contributed by atoms with E-state index in [4.69, 9.17) is 0 Å². The van der Waals surface area contributed by atoms with Crippen LogP contribution in [0.3, 0.4) is 0 Å². The van der Waals surface area contributed by atoms with Crippen LogP contribution in [0.4, 0.5) is 0 Å². The first kappa shape index (κ1) is 23.1. The molecule has 0 saturated heterocycles. The van der Waals surface area contributed by atoms with Gasteiger partial charge in [-0.1, -0.05) is 29.8 Å². The lowest BCUT2D eigenvalue weighted by Gasteiger charge is -2.17. The van der Waals surface area contributed by atoms with Crippen molar-refractivity contribution in [1.82, 2.24) is 0 Å². The van der Waals surface area contributed by atoms with E-state index in [1.165, 1.54) is 0 Å². The van der Waals surface area contributed by atoms with Crippen molar-refractivity contribution in [2.45, 2.75) is 47.5 Å². The molecule has 0 heterocycles. The zero-order valence-electron chi connectivity index (χ0n) is 19.0. The summed E-state index contributed by atoms with van der Waals surface area (Å²) in [5.74, 6) is 0.130. The molecule has 0 aliphatic carbocycles. The van der Waals surface area contributed by atoms with Crippen molar-refractivity contribution in [2.24, 2.45) is 0 Å². The van der Waals surface area contributed by atoms with Crippen LogP contribution in [0.2, 0.25) is 0 Å². The molecule has 0 atom stereocenters. The van der Waals surface area contributed by atoms with Gasteiger partial charge in [-0.25, -0.2) is 0 Å². The fourth-order valence-electron chi connectivity index (χ4n) is 4.27. The summed E-state index contributed by atoms with van der Waals surface area (Å²) in [4.78, 5) is 22.9. The normalized spacial score (nSPS) is 10.9. The summed E-state index contributed by atoms with van der Waals surface area (Å²) in [5.41, 5.74) is 7.24. The molecule has 3 aromatic rings. The van der Waals surface area contributed by atoms with Gasteiger partial charge in [-0.2, -0.15) is 0 Å². The van der Waals surface area contributed by atoms with Crippen LogP contribution in [-0.4, -0.2) is 27.9 Å². The number of rotatable bonds is 6. The highest BCUT2D eigenvalue weighted by molar-refractivity contribution is 5.84. The first-order chi connectivity index (χ1) is 15.1. The maximum absolute atomic E-state index is 11.5. The Hall–Kier alpha value is -3.60. The Labute approximate surface area is 188 Å². The van der Waals surface area contributed by atoms with Gasteiger partial charge < -0.3 is 15.3 Å². The minimum Gasteiger partial charge on any atom is -0.507 e. The van der Waals surface area contributed by atoms with Gasteiger partial charge in [-0.3, -0.25) is 9.59 Å². The molecular weight excluding hydrogens is 404 g/mol. The first-order valence-electron chi connectivity index (χ1n) is 10.4. The average Bonchev–Trinajstić information content (AvgIpc) is 2.74. The van der Waals surface area contributed by atoms with E-state index in [0.29, 0.717) is 58.8 Å². The minimum atomic E-state index is -0.0143. The van der Waals surface area contributed by atoms with Crippen molar-refractivity contribution in [3.8, 4) is 17.2 Å². The van der Waals surface area contributed by atoms with Gasteiger partial charge >= 0.3 is 0 Å². The molecule has 0 spiro atoms. The lowest BCUT2D eigenvalue weighted by Crippen LogP contribution is -2.02. The second-order valence-electron chi connectivity index (χ2n) is 8.50. The number of carbonyl (C=O) groups excluding carboxylic acids is 2. The minimum absolute atomic E-state index is 0.0143. The quantitative estimate of drug-likeness (QED) is 0.468. The largest absolute Gasteiger partial charge is 0.507 e. The van der Waals surface area contributed by atoms with Crippen molar-refractivity contribution >= 4 is 12.6 Å². The van der Waals surface area contributed by atoms with Crippen LogP contribution in [0.1, 0.15) is 70.8 Å². The number of aryl methyl sites for hydroxylation is 3. The molecule has 0 aliphatic heterocycles. The van der Waals surface area contributed by atoms with Gasteiger partial charge in [0.15, 0.2) is 12.6 Å². The number of carbonyl (C=O) groups is 2. The first-order valence-corrected chi connectivity index (χ1v) is 10.4. The fraction of sp³-hybridized carbons (Fsp3) is 0.259. The second-order valence-corrected chi connectivity index (χ2v) is 8.50. The molecule has 3 rings (SSSR count). The molecule has 0 saturated carbocycles. The Morgan fingerprint density at radius 1 is 0.594 bits per heavy atom. The van der Waals surface area contributed by atoms with Crippen molar-refractivity contribution in [3.63, 3.8) is 0 Å². The Kier molecular flexibility index (Phi) is 6.40. The number of hydrogen-bond acceptors (Lipinski definition) is 5. The van der Waals surface area contributed by atoms with E-state index in [9.17, 15) is 24.9 Å². The zero-order chi connectivity index (χ0) is 23.7. The van der Waals surface area contributed by atoms with E-state index in [0.717, 1.165) is 16.7 Å². The molecule has 0 unspecified atom stereocenters. The average molecular weight is 433 g/mol. The van der Waals surface area contributed by atoms with Crippen LogP contribution in [-0.2, 0) is 12.8 Å². The summed E-state index contributed by atoms with van der Waals surface area (Å²) in [6.07, 6.45) is 2.12. The zero-order valence-corrected chi connectivity index (χ0v) is 19.0. The van der Waals surface area contributed by atoms with Crippen LogP contribution < -0.4 is 0 Å². The molecule has 3 aromatic carbocycles. The van der Waals surface area contributed by atoms with Gasteiger partial charge in [-0.05, 0) is 79.1 Å². The molecule has 3 N–H and O–H groups in total. The van der Waals surface area contributed by atoms with Gasteiger partial charge in [-0.15, -0.1) is 0 Å². The molecule has 0 bridgehead atoms. The lowest BCUT2D eigenvalue weighted by molar-refractivity contribution is 0.111. The van der Waals surface area contributed by atoms with Crippen LogP contribution in [0.5, 0.6) is 17.2 Å². The second kappa shape index (κ2) is 8.87. The standard InChI is InChI=1S/C27H28O5/c1-14-6-21(10-19-8-15(2)25(30)23(12-28)17(19)4)27(32)22(7-14)11-20-9-16(3)26(31)24(13-29)18(20)5/h6-9,12-13,30-32H,10-11H2,1-5H3. The highest BCUT2D eigenvalue weighted by Gasteiger charge is 2.18. The van der Waals surface area contributed by atoms with E-state index in [-0.39, 0.29) is 28.4 Å². The molecule has 5 nitrogen and oxygen atoms in total. The molecular formula is C27H28O5. The van der Waals surface area contributed by atoms with E-state index >= 15 is 0 Å². The summed E-state index contributed by atoms with van der Waals surface area (Å²) >= 11 is 0. The highest BCUT2D eigenvalue weighted by atomic mass is 16.3. The van der Waals surface area contributed by atoms with E-state index < -0.39 is 0 Å². The van der Waals surface area contributed by atoms with Crippen molar-refractivity contribution < 1.29 is 24.9 Å². The monoisotopic (exact) mass is 432 g/mol. The summed E-state index contributed by atoms with van der Waals surface area (Å²) in [7, 11) is 0. The van der Waals surface area contributed by atoms with Gasteiger partial charge in [0, 0.05) is 12.8 Å². The van der Waals surface area contributed by atoms with Gasteiger partial charge in [0.1, 0.15) is 17.2 Å². The topological polar surface area (TPSA) is 94.8 Å². The molecule has 166 valence electrons. The third-order valence-electron chi connectivity index (χ3n) is 6.22. The number of phenolic OH excluding ortho intramolecular Hbond substituents is 3. The number of phenols is 3. The van der Waals surface area contributed by atoms with Crippen LogP contribution >= 0.6 is 0 Å². The predicted octanol–water partition coefficient (Wildman–Crippen LogP) is 5.15. The fourth-order valence-corrected chi connectivity index (χ4v) is 4.27. The third-order valence-corrected chi connectivity index (χ3v) is 6.22. The number of aldehydes is 2. The molecule has 0 amide bonds. The number of aromatic hydroxyl groups is 3. The summed E-state index contributed by atoms with van der Waals surface area (Å²) < 4.78 is 0. The van der Waals surface area contributed by atoms with E-state index in [1.54, 1.807) is 27.7 Å². The molecule has 0 aliphatic rings. The Balaban J connectivity index is 2.07. The number of hydrogen-bond donors (Lipinski definition) is 3.